The third-order valence-corrected chi connectivity index (χ3v) is 4.40. The van der Waals surface area contributed by atoms with Gasteiger partial charge in [-0.3, -0.25) is 4.79 Å². The van der Waals surface area contributed by atoms with E-state index in [0.717, 1.165) is 8.45 Å². The van der Waals surface area contributed by atoms with Gasteiger partial charge in [0.05, 0.1) is 8.45 Å². The number of nitrogens with two attached hydrogens (primary N) is 1. The number of carbonyl (C=O) groups excluding carboxylic acids is 1. The molecule has 1 amide bonds. The van der Waals surface area contributed by atoms with Gasteiger partial charge in [-0.1, -0.05) is 23.4 Å². The Labute approximate surface area is 133 Å². The van der Waals surface area contributed by atoms with Gasteiger partial charge < -0.3 is 16.3 Å². The summed E-state index contributed by atoms with van der Waals surface area (Å²) < 4.78 is 1.07. The molecule has 0 aliphatic rings. The Bertz CT molecular complexity index is 655. The molecule has 0 saturated heterocycles. The molecule has 2 aromatic rings. The number of nitrogens with zero attached hydrogens (tertiary/aromatic N) is 1. The van der Waals surface area contributed by atoms with Crippen LogP contribution in [0.25, 0.3) is 0 Å². The molecule has 1 heterocycles. The lowest BCUT2D eigenvalue weighted by atomic mass is 10.1. The molecule has 1 aromatic carbocycles. The first kappa shape index (κ1) is 14.8. The minimum Gasteiger partial charge on any atom is -0.409 e. The summed E-state index contributed by atoms with van der Waals surface area (Å²) in [5, 5.41) is 16.3. The molecule has 4 N–H and O–H groups in total. The number of halogens is 1. The number of amidine groups is 1. The maximum atomic E-state index is 11.9. The summed E-state index contributed by atoms with van der Waals surface area (Å²) in [7, 11) is 0. The average molecular weight is 401 g/mol. The standard InChI is InChI=1S/C13H12IN3O2S/c14-11-5-10(7-20-11)13(18)16-6-8-2-1-3-9(4-8)12(15)17-19/h1-5,7,19H,6H2,(H2,15,17)(H,16,18). The van der Waals surface area contributed by atoms with E-state index in [1.54, 1.807) is 18.2 Å². The van der Waals surface area contributed by atoms with Gasteiger partial charge in [-0.25, -0.2) is 0 Å². The molecule has 20 heavy (non-hydrogen) atoms. The zero-order valence-corrected chi connectivity index (χ0v) is 13.3. The minimum absolute atomic E-state index is 0.0468. The van der Waals surface area contributed by atoms with Crippen LogP contribution in [-0.2, 0) is 6.54 Å². The lowest BCUT2D eigenvalue weighted by Gasteiger charge is -2.06. The second-order valence-corrected chi connectivity index (χ2v) is 6.81. The molecular weight excluding hydrogens is 389 g/mol. The van der Waals surface area contributed by atoms with Crippen LogP contribution in [0.2, 0.25) is 0 Å². The highest BCUT2D eigenvalue weighted by atomic mass is 127. The number of nitrogens with one attached hydrogen (secondary N) is 1. The van der Waals surface area contributed by atoms with Crippen LogP contribution < -0.4 is 11.1 Å². The number of rotatable bonds is 4. The predicted octanol–water partition coefficient (Wildman–Crippen LogP) is 2.38. The third kappa shape index (κ3) is 3.70. The van der Waals surface area contributed by atoms with E-state index in [4.69, 9.17) is 10.9 Å². The van der Waals surface area contributed by atoms with Gasteiger partial charge in [-0.05, 0) is 40.3 Å². The van der Waals surface area contributed by atoms with Gasteiger partial charge in [0, 0.05) is 17.5 Å². The number of hydrogen-bond donors (Lipinski definition) is 3. The van der Waals surface area contributed by atoms with Crippen molar-refractivity contribution in [2.45, 2.75) is 6.54 Å². The first-order valence-electron chi connectivity index (χ1n) is 5.69. The predicted molar refractivity (Wildman–Crippen MR) is 87.2 cm³/mol. The first-order valence-corrected chi connectivity index (χ1v) is 7.65. The van der Waals surface area contributed by atoms with Crippen LogP contribution >= 0.6 is 33.9 Å². The highest BCUT2D eigenvalue weighted by Crippen LogP contribution is 2.16. The Morgan fingerprint density at radius 1 is 1.40 bits per heavy atom. The number of amides is 1. The summed E-state index contributed by atoms with van der Waals surface area (Å²) in [6.45, 7) is 0.387. The minimum atomic E-state index is -0.113. The van der Waals surface area contributed by atoms with Crippen molar-refractivity contribution >= 4 is 45.7 Å². The Morgan fingerprint density at radius 3 is 2.85 bits per heavy atom. The van der Waals surface area contributed by atoms with Crippen molar-refractivity contribution in [2.75, 3.05) is 0 Å². The van der Waals surface area contributed by atoms with Crippen molar-refractivity contribution in [1.82, 2.24) is 5.32 Å². The molecule has 0 aliphatic carbocycles. The second-order valence-electron chi connectivity index (χ2n) is 4.01. The maximum Gasteiger partial charge on any atom is 0.252 e. The molecule has 1 aromatic heterocycles. The topological polar surface area (TPSA) is 87.7 Å². The van der Waals surface area contributed by atoms with Gasteiger partial charge in [-0.15, -0.1) is 11.3 Å². The number of thiophene rings is 1. The smallest absolute Gasteiger partial charge is 0.252 e. The lowest BCUT2D eigenvalue weighted by molar-refractivity contribution is 0.0951. The fraction of sp³-hybridized carbons (Fsp3) is 0.0769. The van der Waals surface area contributed by atoms with E-state index in [2.05, 4.69) is 33.1 Å². The summed E-state index contributed by atoms with van der Waals surface area (Å²) in [6.07, 6.45) is 0. The molecule has 0 saturated carbocycles. The Kier molecular flexibility index (Phi) is 4.96. The Morgan fingerprint density at radius 2 is 2.20 bits per heavy atom. The number of carbonyl (C=O) groups is 1. The average Bonchev–Trinajstić information content (AvgIpc) is 2.91. The van der Waals surface area contributed by atoms with E-state index in [-0.39, 0.29) is 11.7 Å². The molecule has 0 aliphatic heterocycles. The number of oxime groups is 1. The zero-order chi connectivity index (χ0) is 14.5. The van der Waals surface area contributed by atoms with Crippen molar-refractivity contribution in [2.24, 2.45) is 10.9 Å². The number of hydrogen-bond acceptors (Lipinski definition) is 4. The molecule has 2 rings (SSSR count). The molecule has 0 radical (unpaired) electrons. The Balaban J connectivity index is 2.02. The third-order valence-electron chi connectivity index (χ3n) is 2.61. The maximum absolute atomic E-state index is 11.9. The van der Waals surface area contributed by atoms with E-state index in [0.29, 0.717) is 17.7 Å². The van der Waals surface area contributed by atoms with Gasteiger partial charge in [-0.2, -0.15) is 0 Å². The van der Waals surface area contributed by atoms with Crippen LogP contribution in [0.1, 0.15) is 21.5 Å². The van der Waals surface area contributed by atoms with Crippen LogP contribution in [0.5, 0.6) is 0 Å². The molecule has 0 atom stereocenters. The van der Waals surface area contributed by atoms with E-state index in [1.807, 2.05) is 17.5 Å². The van der Waals surface area contributed by atoms with Crippen molar-refractivity contribution in [1.29, 1.82) is 0 Å². The van der Waals surface area contributed by atoms with Crippen LogP contribution in [0.3, 0.4) is 0 Å². The van der Waals surface area contributed by atoms with Gasteiger partial charge in [0.25, 0.3) is 5.91 Å². The summed E-state index contributed by atoms with van der Waals surface area (Å²) in [5.41, 5.74) is 7.68. The fourth-order valence-corrected chi connectivity index (χ4v) is 2.94. The normalized spacial score (nSPS) is 11.3. The van der Waals surface area contributed by atoms with Crippen molar-refractivity contribution in [3.63, 3.8) is 0 Å². The molecule has 5 nitrogen and oxygen atoms in total. The van der Waals surface area contributed by atoms with Crippen LogP contribution in [-0.4, -0.2) is 17.0 Å². The first-order chi connectivity index (χ1) is 9.60. The van der Waals surface area contributed by atoms with Crippen LogP contribution in [0.4, 0.5) is 0 Å². The SMILES string of the molecule is NC(=NO)c1cccc(CNC(=O)c2csc(I)c2)c1. The van der Waals surface area contributed by atoms with Gasteiger partial charge in [0.1, 0.15) is 0 Å². The molecule has 0 spiro atoms. The molecular formula is C13H12IN3O2S. The fourth-order valence-electron chi connectivity index (χ4n) is 1.61. The van der Waals surface area contributed by atoms with E-state index < -0.39 is 0 Å². The molecule has 0 bridgehead atoms. The van der Waals surface area contributed by atoms with Crippen molar-refractivity contribution < 1.29 is 10.0 Å². The van der Waals surface area contributed by atoms with Crippen molar-refractivity contribution in [3.05, 3.63) is 55.3 Å². The summed E-state index contributed by atoms with van der Waals surface area (Å²) in [5.74, 6) is -0.0658. The molecule has 0 fully saturated rings. The second kappa shape index (κ2) is 6.71. The quantitative estimate of drug-likeness (QED) is 0.242. The van der Waals surface area contributed by atoms with Crippen LogP contribution in [0, 0.1) is 2.88 Å². The summed E-state index contributed by atoms with van der Waals surface area (Å²) in [6, 6.07) is 9.01. The van der Waals surface area contributed by atoms with E-state index in [9.17, 15) is 4.79 Å². The number of benzene rings is 1. The zero-order valence-electron chi connectivity index (χ0n) is 10.3. The molecule has 104 valence electrons. The van der Waals surface area contributed by atoms with Gasteiger partial charge in [0.15, 0.2) is 5.84 Å². The highest BCUT2D eigenvalue weighted by Gasteiger charge is 2.08. The molecule has 7 heteroatoms. The van der Waals surface area contributed by atoms with Crippen molar-refractivity contribution in [3.8, 4) is 0 Å². The van der Waals surface area contributed by atoms with E-state index in [1.165, 1.54) is 11.3 Å². The highest BCUT2D eigenvalue weighted by molar-refractivity contribution is 14.1. The monoisotopic (exact) mass is 401 g/mol. The summed E-state index contributed by atoms with van der Waals surface area (Å²) in [4.78, 5) is 11.9. The lowest BCUT2D eigenvalue weighted by Crippen LogP contribution is -2.22. The largest absolute Gasteiger partial charge is 0.409 e. The Hall–Kier alpha value is -1.61. The van der Waals surface area contributed by atoms with Crippen LogP contribution in [0.15, 0.2) is 40.9 Å². The van der Waals surface area contributed by atoms with Gasteiger partial charge >= 0.3 is 0 Å². The van der Waals surface area contributed by atoms with E-state index >= 15 is 0 Å². The van der Waals surface area contributed by atoms with Gasteiger partial charge in [0.2, 0.25) is 0 Å². The summed E-state index contributed by atoms with van der Waals surface area (Å²) >= 11 is 3.71. The molecule has 0 unspecified atom stereocenters.